The fourth-order valence-electron chi connectivity index (χ4n) is 2.26. The van der Waals surface area contributed by atoms with Gasteiger partial charge in [0, 0.05) is 13.7 Å². The van der Waals surface area contributed by atoms with Crippen LogP contribution in [0.2, 0.25) is 0 Å². The minimum atomic E-state index is -0.353. The van der Waals surface area contributed by atoms with Crippen LogP contribution in [0.3, 0.4) is 0 Å². The van der Waals surface area contributed by atoms with E-state index in [4.69, 9.17) is 16.3 Å². The molecule has 22 heavy (non-hydrogen) atoms. The third-order valence-electron chi connectivity index (χ3n) is 3.35. The first-order valence-corrected chi connectivity index (χ1v) is 6.72. The monoisotopic (exact) mass is 300 g/mol. The van der Waals surface area contributed by atoms with Gasteiger partial charge in [0.25, 0.3) is 5.91 Å². The molecule has 0 unspecified atom stereocenters. The Morgan fingerprint density at radius 1 is 1.32 bits per heavy atom. The summed E-state index contributed by atoms with van der Waals surface area (Å²) in [7, 11) is 1.56. The van der Waals surface area contributed by atoms with Gasteiger partial charge in [0.1, 0.15) is 16.9 Å². The smallest absolute Gasteiger partial charge is 0.257 e. The van der Waals surface area contributed by atoms with Gasteiger partial charge in [-0.3, -0.25) is 4.79 Å². The summed E-state index contributed by atoms with van der Waals surface area (Å²) in [6, 6.07) is 7.35. The van der Waals surface area contributed by atoms with Gasteiger partial charge in [0.15, 0.2) is 5.65 Å². The minimum Gasteiger partial charge on any atom is -0.383 e. The van der Waals surface area contributed by atoms with Crippen molar-refractivity contribution >= 4 is 33.9 Å². The van der Waals surface area contributed by atoms with Crippen molar-refractivity contribution in [3.8, 4) is 0 Å². The molecule has 0 radical (unpaired) electrons. The lowest BCUT2D eigenvalue weighted by Crippen LogP contribution is -2.28. The Balaban J connectivity index is 2.14. The van der Waals surface area contributed by atoms with Crippen molar-refractivity contribution in [2.45, 2.75) is 0 Å². The molecular weight excluding hydrogens is 284 g/mol. The highest BCUT2D eigenvalue weighted by atomic mass is 16.5. The largest absolute Gasteiger partial charge is 0.383 e. The number of anilines is 1. The quantitative estimate of drug-likeness (QED) is 0.469. The van der Waals surface area contributed by atoms with Gasteiger partial charge in [0.2, 0.25) is 0 Å². The molecule has 114 valence electrons. The number of para-hydroxylation sites is 2. The van der Waals surface area contributed by atoms with E-state index in [0.29, 0.717) is 35.3 Å². The second-order valence-corrected chi connectivity index (χ2v) is 4.76. The number of rotatable bonds is 4. The normalized spacial score (nSPS) is 11.1. The summed E-state index contributed by atoms with van der Waals surface area (Å²) in [5, 5.41) is 2.71. The summed E-state index contributed by atoms with van der Waals surface area (Å²) in [6.45, 7) is 0.772. The van der Waals surface area contributed by atoms with E-state index in [9.17, 15) is 4.79 Å². The molecule has 1 amide bonds. The Kier molecular flexibility index (Phi) is 3.51. The van der Waals surface area contributed by atoms with E-state index in [-0.39, 0.29) is 17.3 Å². The number of ether oxygens (including phenoxy) is 1. The van der Waals surface area contributed by atoms with Crippen LogP contribution in [-0.4, -0.2) is 40.8 Å². The second-order valence-electron chi connectivity index (χ2n) is 4.76. The fourth-order valence-corrected chi connectivity index (χ4v) is 2.26. The summed E-state index contributed by atoms with van der Waals surface area (Å²) < 4.78 is 6.09. The number of methoxy groups -OCH3 is 1. The zero-order valence-corrected chi connectivity index (χ0v) is 12.0. The number of fused-ring (bicyclic) bond motifs is 2. The van der Waals surface area contributed by atoms with Crippen molar-refractivity contribution in [3.05, 3.63) is 29.8 Å². The van der Waals surface area contributed by atoms with Gasteiger partial charge in [-0.25, -0.2) is 14.6 Å². The van der Waals surface area contributed by atoms with Gasteiger partial charge in [-0.1, -0.05) is 12.1 Å². The van der Waals surface area contributed by atoms with Crippen LogP contribution in [0.1, 0.15) is 10.4 Å². The maximum absolute atomic E-state index is 12.3. The van der Waals surface area contributed by atoms with Gasteiger partial charge in [-0.2, -0.15) is 0 Å². The molecule has 3 rings (SSSR count). The molecule has 0 aliphatic carbocycles. The number of nitrogens with zero attached hydrogens (tertiary/aromatic N) is 3. The number of benzene rings is 1. The molecule has 0 aliphatic heterocycles. The lowest BCUT2D eigenvalue weighted by Gasteiger charge is -2.04. The first-order chi connectivity index (χ1) is 10.6. The molecule has 2 aromatic heterocycles. The molecule has 8 heteroatoms. The van der Waals surface area contributed by atoms with E-state index < -0.39 is 0 Å². The fraction of sp³-hybridized carbons (Fsp3) is 0.214. The molecule has 3 aromatic rings. The average Bonchev–Trinajstić information content (AvgIpc) is 2.77. The molecule has 8 nitrogen and oxygen atoms in total. The second kappa shape index (κ2) is 5.49. The van der Waals surface area contributed by atoms with Gasteiger partial charge in [-0.05, 0) is 12.1 Å². The average molecular weight is 300 g/mol. The van der Waals surface area contributed by atoms with E-state index in [1.54, 1.807) is 7.11 Å². The number of nitrogens with two attached hydrogens (primary N) is 2. The van der Waals surface area contributed by atoms with Gasteiger partial charge < -0.3 is 21.6 Å². The van der Waals surface area contributed by atoms with E-state index in [2.05, 4.69) is 15.3 Å². The number of carbonyl (C=O) groups excluding carboxylic acids is 1. The number of carbonyl (C=O) groups is 1. The van der Waals surface area contributed by atoms with Gasteiger partial charge in [0.05, 0.1) is 17.6 Å². The number of hydrogen-bond donors (Lipinski definition) is 3. The van der Waals surface area contributed by atoms with Crippen LogP contribution >= 0.6 is 0 Å². The lowest BCUT2D eigenvalue weighted by molar-refractivity contribution is 0.0939. The summed E-state index contributed by atoms with van der Waals surface area (Å²) >= 11 is 0. The zero-order chi connectivity index (χ0) is 15.7. The highest BCUT2D eigenvalue weighted by molar-refractivity contribution is 6.10. The third kappa shape index (κ3) is 2.19. The van der Waals surface area contributed by atoms with Gasteiger partial charge in [-0.15, -0.1) is 0 Å². The Morgan fingerprint density at radius 2 is 2.00 bits per heavy atom. The van der Waals surface area contributed by atoms with Crippen molar-refractivity contribution in [1.82, 2.24) is 20.0 Å². The molecular formula is C14H16N6O2. The Morgan fingerprint density at radius 3 is 2.68 bits per heavy atom. The molecule has 0 fully saturated rings. The molecule has 0 atom stereocenters. The lowest BCUT2D eigenvalue weighted by atomic mass is 10.2. The van der Waals surface area contributed by atoms with E-state index in [0.717, 1.165) is 0 Å². The van der Waals surface area contributed by atoms with Crippen molar-refractivity contribution < 1.29 is 9.53 Å². The SMILES string of the molecule is COCCNC(=O)c1c(N)n(N)c2nc3ccccc3nc12. The molecule has 0 saturated heterocycles. The first-order valence-electron chi connectivity index (χ1n) is 6.72. The summed E-state index contributed by atoms with van der Waals surface area (Å²) in [5.74, 6) is 5.68. The van der Waals surface area contributed by atoms with Gasteiger partial charge >= 0.3 is 0 Å². The molecule has 5 N–H and O–H groups in total. The number of hydrogen-bond acceptors (Lipinski definition) is 6. The van der Waals surface area contributed by atoms with Crippen LogP contribution in [0.15, 0.2) is 24.3 Å². The number of amides is 1. The molecule has 2 heterocycles. The zero-order valence-electron chi connectivity index (χ0n) is 12.0. The van der Waals surface area contributed by atoms with Crippen molar-refractivity contribution in [2.24, 2.45) is 0 Å². The third-order valence-corrected chi connectivity index (χ3v) is 3.35. The summed E-state index contributed by atoms with van der Waals surface area (Å²) in [6.07, 6.45) is 0. The van der Waals surface area contributed by atoms with Crippen LogP contribution in [0.4, 0.5) is 5.82 Å². The number of aromatic nitrogens is 3. The van der Waals surface area contributed by atoms with E-state index in [1.807, 2.05) is 24.3 Å². The minimum absolute atomic E-state index is 0.125. The predicted molar refractivity (Wildman–Crippen MR) is 83.8 cm³/mol. The Hall–Kier alpha value is -2.87. The Labute approximate surface area is 126 Å². The van der Waals surface area contributed by atoms with Crippen LogP contribution < -0.4 is 16.9 Å². The summed E-state index contributed by atoms with van der Waals surface area (Å²) in [5.41, 5.74) is 8.29. The first kappa shape index (κ1) is 14.1. The maximum Gasteiger partial charge on any atom is 0.257 e. The topological polar surface area (TPSA) is 121 Å². The highest BCUT2D eigenvalue weighted by Gasteiger charge is 2.22. The van der Waals surface area contributed by atoms with Crippen LogP contribution in [-0.2, 0) is 4.74 Å². The molecule has 0 spiro atoms. The van der Waals surface area contributed by atoms with Crippen molar-refractivity contribution in [3.63, 3.8) is 0 Å². The molecule has 0 saturated carbocycles. The van der Waals surface area contributed by atoms with Crippen LogP contribution in [0, 0.1) is 0 Å². The van der Waals surface area contributed by atoms with Crippen LogP contribution in [0.25, 0.3) is 22.2 Å². The number of nitrogens with one attached hydrogen (secondary N) is 1. The van der Waals surface area contributed by atoms with E-state index in [1.165, 1.54) is 4.68 Å². The maximum atomic E-state index is 12.3. The molecule has 0 aliphatic rings. The van der Waals surface area contributed by atoms with E-state index >= 15 is 0 Å². The predicted octanol–water partition coefficient (Wildman–Crippen LogP) is 0.257. The highest BCUT2D eigenvalue weighted by Crippen LogP contribution is 2.25. The Bertz CT molecular complexity index is 857. The molecule has 0 bridgehead atoms. The van der Waals surface area contributed by atoms with Crippen LogP contribution in [0.5, 0.6) is 0 Å². The standard InChI is InChI=1S/C14H16N6O2/c1-22-7-6-17-14(21)10-11-13(20(16)12(10)15)19-9-5-3-2-4-8(9)18-11/h2-5H,6-7,15-16H2,1H3,(H,17,21). The summed E-state index contributed by atoms with van der Waals surface area (Å²) in [4.78, 5) is 21.2. The van der Waals surface area contributed by atoms with Crippen molar-refractivity contribution in [1.29, 1.82) is 0 Å². The molecule has 1 aromatic carbocycles. The van der Waals surface area contributed by atoms with Crippen molar-refractivity contribution in [2.75, 3.05) is 31.8 Å². The number of nitrogen functional groups attached to an aromatic ring is 2.